The van der Waals surface area contributed by atoms with E-state index in [2.05, 4.69) is 17.2 Å². The number of aromatic nitrogens is 3. The molecule has 1 aromatic rings. The molecule has 10 atom stereocenters. The van der Waals surface area contributed by atoms with Gasteiger partial charge in [-0.2, -0.15) is 31.2 Å². The van der Waals surface area contributed by atoms with Crippen LogP contribution in [0, 0.1) is 46.8 Å². The molecule has 0 radical (unpaired) electrons. The minimum Gasteiger partial charge on any atom is -0.504 e. The standard InChI is InChI=1S/C34H46F6N4O7/c1-17-4-7-22(24-16-48-19(3)6-8-21(17)24)25(30(46)34(38,39)40)15-47-14-20-12-42-43-44(20)13-23(29(45)33(35,36)37)27-9-5-18(2)26-10-11-28-49-31(41)32(26,27)51-50-28/h12,17-19,21-22,24,26-28,41,45-46H,4-11,13-16H2,1-3H3/b29-23-,30-25-,41-31?/t17-,18-,19+,21?,22-,24?,26+,27+,28-,32-/m1/s1. The van der Waals surface area contributed by atoms with Gasteiger partial charge < -0.3 is 24.4 Å². The van der Waals surface area contributed by atoms with Crippen LogP contribution in [0.4, 0.5) is 26.3 Å². The lowest BCUT2D eigenvalue weighted by Gasteiger charge is -2.50. The molecule has 3 N–H and O–H groups in total. The van der Waals surface area contributed by atoms with Crippen LogP contribution < -0.4 is 0 Å². The van der Waals surface area contributed by atoms with Gasteiger partial charge in [0, 0.05) is 29.4 Å². The monoisotopic (exact) mass is 736 g/mol. The first-order chi connectivity index (χ1) is 24.0. The molecule has 17 heteroatoms. The van der Waals surface area contributed by atoms with E-state index in [0.717, 1.165) is 17.5 Å². The molecule has 2 saturated carbocycles. The summed E-state index contributed by atoms with van der Waals surface area (Å²) in [6, 6.07) is 0. The van der Waals surface area contributed by atoms with Crippen LogP contribution in [0.2, 0.25) is 0 Å². The molecule has 5 heterocycles. The zero-order valence-electron chi connectivity index (χ0n) is 28.8. The number of hydrogen-bond acceptors (Lipinski definition) is 10. The van der Waals surface area contributed by atoms with Gasteiger partial charge in [0.2, 0.25) is 12.2 Å². The molecule has 2 aliphatic carbocycles. The highest BCUT2D eigenvalue weighted by atomic mass is 19.4. The Morgan fingerprint density at radius 1 is 0.922 bits per heavy atom. The fourth-order valence-electron chi connectivity index (χ4n) is 9.31. The number of nitrogens with zero attached hydrogens (tertiary/aromatic N) is 3. The van der Waals surface area contributed by atoms with Crippen molar-refractivity contribution >= 4 is 5.90 Å². The molecule has 0 amide bonds. The molecule has 0 aromatic carbocycles. The average molecular weight is 737 g/mol. The lowest BCUT2D eigenvalue weighted by Crippen LogP contribution is -2.61. The molecule has 286 valence electrons. The van der Waals surface area contributed by atoms with Crippen molar-refractivity contribution < 1.29 is 60.5 Å². The van der Waals surface area contributed by atoms with Crippen molar-refractivity contribution in [1.29, 1.82) is 5.41 Å². The summed E-state index contributed by atoms with van der Waals surface area (Å²) in [5.41, 5.74) is -2.44. The zero-order valence-corrected chi connectivity index (χ0v) is 28.8. The van der Waals surface area contributed by atoms with Gasteiger partial charge in [0.05, 0.1) is 44.4 Å². The first kappa shape index (κ1) is 37.9. The normalized spacial score (nSPS) is 37.0. The lowest BCUT2D eigenvalue weighted by atomic mass is 9.60. The summed E-state index contributed by atoms with van der Waals surface area (Å²) in [4.78, 5) is 11.2. The Hall–Kier alpha value is -2.89. The van der Waals surface area contributed by atoms with E-state index < -0.39 is 78.8 Å². The number of nitrogens with one attached hydrogen (secondary N) is 1. The average Bonchev–Trinajstić information content (AvgIpc) is 3.19. The number of ether oxygens (including phenoxy) is 3. The predicted octanol–water partition coefficient (Wildman–Crippen LogP) is 7.50. The van der Waals surface area contributed by atoms with Gasteiger partial charge in [-0.15, -0.1) is 5.10 Å². The second kappa shape index (κ2) is 14.5. The van der Waals surface area contributed by atoms with Crippen molar-refractivity contribution in [3.8, 4) is 0 Å². The third kappa shape index (κ3) is 7.36. The summed E-state index contributed by atoms with van der Waals surface area (Å²) in [6.45, 7) is 4.54. The lowest BCUT2D eigenvalue weighted by molar-refractivity contribution is -0.436. The van der Waals surface area contributed by atoms with Gasteiger partial charge in [0.25, 0.3) is 0 Å². The van der Waals surface area contributed by atoms with Crippen LogP contribution in [0.3, 0.4) is 0 Å². The number of rotatable bonds is 8. The Bertz CT molecular complexity index is 1500. The Kier molecular flexibility index (Phi) is 10.8. The van der Waals surface area contributed by atoms with Crippen LogP contribution in [-0.4, -0.2) is 74.7 Å². The first-order valence-corrected chi connectivity index (χ1v) is 17.7. The van der Waals surface area contributed by atoms with Crippen molar-refractivity contribution in [2.75, 3.05) is 13.2 Å². The molecule has 6 fully saturated rings. The van der Waals surface area contributed by atoms with Gasteiger partial charge in [-0.05, 0) is 81.5 Å². The Balaban J connectivity index is 1.26. The van der Waals surface area contributed by atoms with Gasteiger partial charge in [-0.3, -0.25) is 5.41 Å². The van der Waals surface area contributed by atoms with Crippen LogP contribution in [0.1, 0.15) is 77.8 Å². The van der Waals surface area contributed by atoms with Gasteiger partial charge in [-0.1, -0.05) is 19.1 Å². The van der Waals surface area contributed by atoms with Crippen molar-refractivity contribution in [2.24, 2.45) is 41.4 Å². The number of alkyl halides is 6. The van der Waals surface area contributed by atoms with Crippen LogP contribution in [-0.2, 0) is 37.1 Å². The third-order valence-electron chi connectivity index (χ3n) is 12.0. The molecule has 7 rings (SSSR count). The highest BCUT2D eigenvalue weighted by Gasteiger charge is 2.63. The highest BCUT2D eigenvalue weighted by molar-refractivity contribution is 5.84. The molecule has 2 unspecified atom stereocenters. The fourth-order valence-corrected chi connectivity index (χ4v) is 9.31. The Labute approximate surface area is 291 Å². The second-order valence-corrected chi connectivity index (χ2v) is 15.0. The number of fused-ring (bicyclic) bond motifs is 4. The minimum atomic E-state index is -5.17. The van der Waals surface area contributed by atoms with Crippen molar-refractivity contribution in [3.05, 3.63) is 34.6 Å². The molecule has 11 nitrogen and oxygen atoms in total. The van der Waals surface area contributed by atoms with Crippen LogP contribution >= 0.6 is 0 Å². The van der Waals surface area contributed by atoms with E-state index in [1.54, 1.807) is 0 Å². The summed E-state index contributed by atoms with van der Waals surface area (Å²) >= 11 is 0. The molecule has 1 aromatic heterocycles. The number of allylic oxidation sites excluding steroid dienone is 2. The molecule has 4 aliphatic heterocycles. The van der Waals surface area contributed by atoms with Crippen molar-refractivity contribution in [2.45, 2.75) is 116 Å². The van der Waals surface area contributed by atoms with E-state index in [1.165, 1.54) is 6.20 Å². The van der Waals surface area contributed by atoms with E-state index in [-0.39, 0.29) is 60.0 Å². The maximum Gasteiger partial charge on any atom is 0.448 e. The Morgan fingerprint density at radius 3 is 2.33 bits per heavy atom. The zero-order chi connectivity index (χ0) is 36.9. The largest absolute Gasteiger partial charge is 0.504 e. The molecule has 4 saturated heterocycles. The van der Waals surface area contributed by atoms with E-state index in [4.69, 9.17) is 29.4 Å². The Morgan fingerprint density at radius 2 is 1.63 bits per heavy atom. The maximum absolute atomic E-state index is 14.3. The fraction of sp³-hybridized carbons (Fsp3) is 0.794. The smallest absolute Gasteiger partial charge is 0.448 e. The van der Waals surface area contributed by atoms with E-state index in [1.807, 2.05) is 13.8 Å². The van der Waals surface area contributed by atoms with Crippen LogP contribution in [0.15, 0.2) is 28.9 Å². The van der Waals surface area contributed by atoms with Crippen LogP contribution in [0.25, 0.3) is 0 Å². The number of aliphatic hydroxyl groups is 2. The van der Waals surface area contributed by atoms with E-state index in [0.29, 0.717) is 32.1 Å². The molecular formula is C34H46F6N4O7. The summed E-state index contributed by atoms with van der Waals surface area (Å²) in [6.07, 6.45) is -5.85. The highest BCUT2D eigenvalue weighted by Crippen LogP contribution is 2.55. The molecular weight excluding hydrogens is 690 g/mol. The number of halogens is 6. The summed E-state index contributed by atoms with van der Waals surface area (Å²) in [5, 5.41) is 37.7. The summed E-state index contributed by atoms with van der Waals surface area (Å²) in [5.74, 6) is -6.20. The maximum atomic E-state index is 14.3. The van der Waals surface area contributed by atoms with Crippen molar-refractivity contribution in [1.82, 2.24) is 15.0 Å². The third-order valence-corrected chi connectivity index (χ3v) is 12.0. The van der Waals surface area contributed by atoms with Crippen molar-refractivity contribution in [3.63, 3.8) is 0 Å². The summed E-state index contributed by atoms with van der Waals surface area (Å²) < 4.78 is 103. The molecule has 1 spiro atoms. The van der Waals surface area contributed by atoms with Gasteiger partial charge in [0.15, 0.2) is 17.1 Å². The number of aliphatic hydroxyl groups excluding tert-OH is 2. The summed E-state index contributed by atoms with van der Waals surface area (Å²) in [7, 11) is 0. The quantitative estimate of drug-likeness (QED) is 0.141. The van der Waals surface area contributed by atoms with Gasteiger partial charge >= 0.3 is 12.4 Å². The SMILES string of the molecule is C[C@@H]1CC[C@@H](/C(COCc2cnnn2C/C(=C(/O)C(F)(F)F)[C@@H]2CC[C@@H](C)[C@@H]3CC[C@H]4OO[C@@]23C(=N)O4)=C(\O)C(F)(F)F)C2CO[C@@H](C)CCC21. The topological polar surface area (TPSA) is 141 Å². The van der Waals surface area contributed by atoms with Gasteiger partial charge in [0.1, 0.15) is 0 Å². The molecule has 51 heavy (non-hydrogen) atoms. The molecule has 6 aliphatic rings. The minimum absolute atomic E-state index is 0.0378. The predicted molar refractivity (Wildman–Crippen MR) is 167 cm³/mol. The first-order valence-electron chi connectivity index (χ1n) is 17.7. The number of hydrogen-bond donors (Lipinski definition) is 3. The van der Waals surface area contributed by atoms with Crippen LogP contribution in [0.5, 0.6) is 0 Å². The van der Waals surface area contributed by atoms with E-state index in [9.17, 15) is 36.6 Å². The second-order valence-electron chi connectivity index (χ2n) is 15.0. The van der Waals surface area contributed by atoms with Gasteiger partial charge in [-0.25, -0.2) is 9.57 Å². The molecule has 2 bridgehead atoms. The van der Waals surface area contributed by atoms with E-state index >= 15 is 0 Å².